The van der Waals surface area contributed by atoms with Crippen LogP contribution in [-0.4, -0.2) is 24.6 Å². The van der Waals surface area contributed by atoms with Crippen molar-refractivity contribution < 1.29 is 9.53 Å². The summed E-state index contributed by atoms with van der Waals surface area (Å²) in [4.78, 5) is 12.1. The molecule has 20 heavy (non-hydrogen) atoms. The zero-order valence-electron chi connectivity index (χ0n) is 11.2. The number of amides is 1. The second kappa shape index (κ2) is 6.66. The summed E-state index contributed by atoms with van der Waals surface area (Å²) >= 11 is 11.8. The molecule has 1 aromatic rings. The molecule has 1 amide bonds. The van der Waals surface area contributed by atoms with Crippen molar-refractivity contribution in [1.82, 2.24) is 5.32 Å². The number of benzene rings is 1. The molecule has 1 aliphatic carbocycles. The molecule has 1 aliphatic rings. The third kappa shape index (κ3) is 4.27. The van der Waals surface area contributed by atoms with E-state index in [9.17, 15) is 4.79 Å². The van der Waals surface area contributed by atoms with Crippen LogP contribution in [0.5, 0.6) is 5.75 Å². The van der Waals surface area contributed by atoms with Crippen LogP contribution in [0, 0.1) is 5.92 Å². The molecule has 0 heterocycles. The van der Waals surface area contributed by atoms with E-state index >= 15 is 0 Å². The van der Waals surface area contributed by atoms with E-state index in [0.717, 1.165) is 12.8 Å². The summed E-state index contributed by atoms with van der Waals surface area (Å²) in [5, 5.41) is 3.86. The third-order valence-electron chi connectivity index (χ3n) is 3.29. The number of halogens is 2. The SMILES string of the molecule is CC(Oc1cc(Cl)cc(Cl)c1)C(=O)NC(CN)C1CC1. The Bertz CT molecular complexity index is 472. The Labute approximate surface area is 128 Å². The molecular weight excluding hydrogens is 299 g/mol. The third-order valence-corrected chi connectivity index (χ3v) is 3.73. The van der Waals surface area contributed by atoms with Gasteiger partial charge in [0.05, 0.1) is 0 Å². The maximum Gasteiger partial charge on any atom is 0.261 e. The zero-order valence-corrected chi connectivity index (χ0v) is 12.7. The number of rotatable bonds is 6. The zero-order chi connectivity index (χ0) is 14.7. The quantitative estimate of drug-likeness (QED) is 0.848. The predicted octanol–water partition coefficient (Wildman–Crippen LogP) is 2.61. The lowest BCUT2D eigenvalue weighted by atomic mass is 10.2. The molecule has 0 spiro atoms. The minimum atomic E-state index is -0.627. The van der Waals surface area contributed by atoms with Crippen LogP contribution in [0.25, 0.3) is 0 Å². The van der Waals surface area contributed by atoms with Crippen LogP contribution < -0.4 is 15.8 Å². The lowest BCUT2D eigenvalue weighted by molar-refractivity contribution is -0.128. The second-order valence-electron chi connectivity index (χ2n) is 5.05. The fraction of sp³-hybridized carbons (Fsp3) is 0.500. The number of carbonyl (C=O) groups is 1. The normalized spacial score (nSPS) is 17.4. The van der Waals surface area contributed by atoms with Gasteiger partial charge in [-0.25, -0.2) is 0 Å². The molecule has 0 aliphatic heterocycles. The van der Waals surface area contributed by atoms with Crippen LogP contribution in [0.15, 0.2) is 18.2 Å². The average Bonchev–Trinajstić information content (AvgIpc) is 3.18. The van der Waals surface area contributed by atoms with Crippen LogP contribution in [-0.2, 0) is 4.79 Å². The summed E-state index contributed by atoms with van der Waals surface area (Å²) < 4.78 is 5.56. The molecule has 1 aromatic carbocycles. The van der Waals surface area contributed by atoms with Gasteiger partial charge in [-0.15, -0.1) is 0 Å². The van der Waals surface area contributed by atoms with Crippen LogP contribution in [0.2, 0.25) is 10.0 Å². The fourth-order valence-corrected chi connectivity index (χ4v) is 2.53. The number of nitrogens with one attached hydrogen (secondary N) is 1. The monoisotopic (exact) mass is 316 g/mol. The highest BCUT2D eigenvalue weighted by atomic mass is 35.5. The highest BCUT2D eigenvalue weighted by Gasteiger charge is 2.32. The predicted molar refractivity (Wildman–Crippen MR) is 80.3 cm³/mol. The van der Waals surface area contributed by atoms with E-state index < -0.39 is 6.10 Å². The van der Waals surface area contributed by atoms with Gasteiger partial charge in [0.1, 0.15) is 5.75 Å². The van der Waals surface area contributed by atoms with Gasteiger partial charge < -0.3 is 15.8 Å². The summed E-state index contributed by atoms with van der Waals surface area (Å²) in [5.41, 5.74) is 5.66. The van der Waals surface area contributed by atoms with Crippen molar-refractivity contribution in [3.05, 3.63) is 28.2 Å². The van der Waals surface area contributed by atoms with Crippen molar-refractivity contribution in [2.75, 3.05) is 6.54 Å². The smallest absolute Gasteiger partial charge is 0.261 e. The van der Waals surface area contributed by atoms with E-state index in [0.29, 0.717) is 28.3 Å². The van der Waals surface area contributed by atoms with Gasteiger partial charge in [-0.3, -0.25) is 4.79 Å². The Hall–Kier alpha value is -0.970. The molecule has 0 saturated heterocycles. The van der Waals surface area contributed by atoms with E-state index in [-0.39, 0.29) is 11.9 Å². The summed E-state index contributed by atoms with van der Waals surface area (Å²) in [6.07, 6.45) is 1.63. The largest absolute Gasteiger partial charge is 0.481 e. The molecule has 0 radical (unpaired) electrons. The fourth-order valence-electron chi connectivity index (χ4n) is 2.02. The van der Waals surface area contributed by atoms with E-state index in [1.807, 2.05) is 0 Å². The van der Waals surface area contributed by atoms with Gasteiger partial charge in [0.15, 0.2) is 6.10 Å². The van der Waals surface area contributed by atoms with Crippen molar-refractivity contribution in [3.63, 3.8) is 0 Å². The van der Waals surface area contributed by atoms with Gasteiger partial charge in [-0.1, -0.05) is 23.2 Å². The maximum atomic E-state index is 12.1. The Morgan fingerprint density at radius 2 is 2.00 bits per heavy atom. The first-order chi connectivity index (χ1) is 9.49. The first kappa shape index (κ1) is 15.4. The molecule has 1 fully saturated rings. The van der Waals surface area contributed by atoms with Gasteiger partial charge in [0, 0.05) is 22.6 Å². The van der Waals surface area contributed by atoms with Crippen molar-refractivity contribution >= 4 is 29.1 Å². The van der Waals surface area contributed by atoms with Gasteiger partial charge in [0.25, 0.3) is 5.91 Å². The first-order valence-electron chi connectivity index (χ1n) is 6.62. The van der Waals surface area contributed by atoms with E-state index in [1.165, 1.54) is 0 Å². The molecule has 1 saturated carbocycles. The molecule has 0 bridgehead atoms. The molecule has 6 heteroatoms. The van der Waals surface area contributed by atoms with Crippen molar-refractivity contribution in [2.45, 2.75) is 31.9 Å². The Kier molecular flexibility index (Phi) is 5.13. The Morgan fingerprint density at radius 3 is 2.50 bits per heavy atom. The molecule has 2 rings (SSSR count). The maximum absolute atomic E-state index is 12.1. The van der Waals surface area contributed by atoms with E-state index in [4.69, 9.17) is 33.7 Å². The molecular formula is C14H18Cl2N2O2. The second-order valence-corrected chi connectivity index (χ2v) is 5.93. The number of hydrogen-bond donors (Lipinski definition) is 2. The molecule has 2 atom stereocenters. The van der Waals surface area contributed by atoms with E-state index in [2.05, 4.69) is 5.32 Å². The van der Waals surface area contributed by atoms with Gasteiger partial charge in [-0.2, -0.15) is 0 Å². The summed E-state index contributed by atoms with van der Waals surface area (Å²) in [6.45, 7) is 2.14. The Balaban J connectivity index is 1.92. The number of ether oxygens (including phenoxy) is 1. The van der Waals surface area contributed by atoms with Crippen LogP contribution >= 0.6 is 23.2 Å². The lowest BCUT2D eigenvalue weighted by Crippen LogP contribution is -2.46. The van der Waals surface area contributed by atoms with Gasteiger partial charge >= 0.3 is 0 Å². The molecule has 2 unspecified atom stereocenters. The van der Waals surface area contributed by atoms with Crippen LogP contribution in [0.1, 0.15) is 19.8 Å². The topological polar surface area (TPSA) is 64.3 Å². The molecule has 110 valence electrons. The first-order valence-corrected chi connectivity index (χ1v) is 7.38. The Morgan fingerprint density at radius 1 is 1.40 bits per heavy atom. The average molecular weight is 317 g/mol. The van der Waals surface area contributed by atoms with E-state index in [1.54, 1.807) is 25.1 Å². The van der Waals surface area contributed by atoms with Gasteiger partial charge in [0.2, 0.25) is 0 Å². The van der Waals surface area contributed by atoms with Crippen molar-refractivity contribution in [1.29, 1.82) is 0 Å². The number of hydrogen-bond acceptors (Lipinski definition) is 3. The van der Waals surface area contributed by atoms with Crippen LogP contribution in [0.3, 0.4) is 0 Å². The number of nitrogens with two attached hydrogens (primary N) is 1. The number of carbonyl (C=O) groups excluding carboxylic acids is 1. The van der Waals surface area contributed by atoms with Crippen molar-refractivity contribution in [2.24, 2.45) is 11.7 Å². The van der Waals surface area contributed by atoms with Crippen molar-refractivity contribution in [3.8, 4) is 5.75 Å². The van der Waals surface area contributed by atoms with Gasteiger partial charge in [-0.05, 0) is 43.9 Å². The highest BCUT2D eigenvalue weighted by Crippen LogP contribution is 2.32. The molecule has 3 N–H and O–H groups in total. The molecule has 0 aromatic heterocycles. The lowest BCUT2D eigenvalue weighted by Gasteiger charge is -2.20. The highest BCUT2D eigenvalue weighted by molar-refractivity contribution is 6.34. The minimum Gasteiger partial charge on any atom is -0.481 e. The summed E-state index contributed by atoms with van der Waals surface area (Å²) in [7, 11) is 0. The molecule has 4 nitrogen and oxygen atoms in total. The van der Waals surface area contributed by atoms with Crippen LogP contribution in [0.4, 0.5) is 0 Å². The standard InChI is InChI=1S/C14H18Cl2N2O2/c1-8(14(19)18-13(7-17)9-2-3-9)20-12-5-10(15)4-11(16)6-12/h4-6,8-9,13H,2-3,7,17H2,1H3,(H,18,19). The summed E-state index contributed by atoms with van der Waals surface area (Å²) in [6, 6.07) is 4.89. The summed E-state index contributed by atoms with van der Waals surface area (Å²) in [5.74, 6) is 0.807. The minimum absolute atomic E-state index is 0.0384.